The molecule has 2 rings (SSSR count). The maximum Gasteiger partial charge on any atom is 0.227 e. The smallest absolute Gasteiger partial charge is 0.227 e. The average molecular weight is 252 g/mol. The van der Waals surface area contributed by atoms with E-state index in [1.165, 1.54) is 12.8 Å². The molecule has 0 aliphatic heterocycles. The van der Waals surface area contributed by atoms with Crippen LogP contribution in [0.5, 0.6) is 0 Å². The number of nitrogens with one attached hydrogen (secondary N) is 1. The van der Waals surface area contributed by atoms with Crippen molar-refractivity contribution in [1.82, 2.24) is 0 Å². The fraction of sp³-hybridized carbons (Fsp3) is 0.500. The first-order chi connectivity index (χ1) is 8.09. The molecule has 2 nitrogen and oxygen atoms in total. The lowest BCUT2D eigenvalue weighted by Crippen LogP contribution is -2.22. The van der Waals surface area contributed by atoms with Crippen molar-refractivity contribution in [3.8, 4) is 0 Å². The Hall–Kier alpha value is -1.02. The van der Waals surface area contributed by atoms with E-state index >= 15 is 0 Å². The molecule has 0 spiro atoms. The van der Waals surface area contributed by atoms with Crippen molar-refractivity contribution in [2.45, 2.75) is 32.1 Å². The second kappa shape index (κ2) is 5.09. The number of para-hydroxylation sites is 1. The van der Waals surface area contributed by atoms with Gasteiger partial charge >= 0.3 is 0 Å². The quantitative estimate of drug-likeness (QED) is 0.806. The van der Waals surface area contributed by atoms with Gasteiger partial charge < -0.3 is 5.32 Å². The maximum absolute atomic E-state index is 12.0. The third-order valence-corrected chi connectivity index (χ3v) is 3.62. The average Bonchev–Trinajstić information content (AvgIpc) is 3.12. The highest BCUT2D eigenvalue weighted by Gasteiger charge is 2.32. The van der Waals surface area contributed by atoms with Crippen LogP contribution in [0.15, 0.2) is 24.3 Å². The Kier molecular flexibility index (Phi) is 3.72. The highest BCUT2D eigenvalue weighted by atomic mass is 35.5. The van der Waals surface area contributed by atoms with Crippen LogP contribution >= 0.6 is 11.6 Å². The first-order valence-electron chi connectivity index (χ1n) is 6.13. The van der Waals surface area contributed by atoms with Crippen LogP contribution < -0.4 is 5.32 Å². The van der Waals surface area contributed by atoms with E-state index in [0.717, 1.165) is 11.3 Å². The minimum atomic E-state index is -0.0947. The molecule has 1 saturated carbocycles. The van der Waals surface area contributed by atoms with Crippen LogP contribution in [0.2, 0.25) is 0 Å². The summed E-state index contributed by atoms with van der Waals surface area (Å²) in [4.78, 5) is 12.0. The Morgan fingerprint density at radius 2 is 2.00 bits per heavy atom. The minimum absolute atomic E-state index is 0.0947. The lowest BCUT2D eigenvalue weighted by atomic mass is 10.0. The summed E-state index contributed by atoms with van der Waals surface area (Å²) in [5.41, 5.74) is 1.82. The summed E-state index contributed by atoms with van der Waals surface area (Å²) in [5.74, 6) is 0.793. The SMILES string of the molecule is CC(Cl)c1ccccc1NC(=O)C(C)C1CC1. The monoisotopic (exact) mass is 251 g/mol. The number of halogens is 1. The number of benzene rings is 1. The van der Waals surface area contributed by atoms with E-state index in [4.69, 9.17) is 11.6 Å². The fourth-order valence-corrected chi connectivity index (χ4v) is 2.20. The second-order valence-electron chi connectivity index (χ2n) is 4.82. The number of amides is 1. The van der Waals surface area contributed by atoms with Gasteiger partial charge in [0, 0.05) is 11.6 Å². The van der Waals surface area contributed by atoms with E-state index in [2.05, 4.69) is 5.32 Å². The highest BCUT2D eigenvalue weighted by Crippen LogP contribution is 2.37. The van der Waals surface area contributed by atoms with Gasteiger partial charge in [0.25, 0.3) is 0 Å². The molecule has 2 unspecified atom stereocenters. The van der Waals surface area contributed by atoms with Crippen LogP contribution in [0.25, 0.3) is 0 Å². The highest BCUT2D eigenvalue weighted by molar-refractivity contribution is 6.21. The van der Waals surface area contributed by atoms with E-state index in [9.17, 15) is 4.79 Å². The molecule has 0 aromatic heterocycles. The molecule has 2 atom stereocenters. The molecule has 0 radical (unpaired) electrons. The predicted molar refractivity (Wildman–Crippen MR) is 71.2 cm³/mol. The van der Waals surface area contributed by atoms with Gasteiger partial charge in [-0.25, -0.2) is 0 Å². The van der Waals surface area contributed by atoms with Gasteiger partial charge in [-0.2, -0.15) is 0 Å². The number of carbonyl (C=O) groups excluding carboxylic acids is 1. The van der Waals surface area contributed by atoms with Crippen molar-refractivity contribution in [1.29, 1.82) is 0 Å². The van der Waals surface area contributed by atoms with Crippen molar-refractivity contribution in [2.24, 2.45) is 11.8 Å². The summed E-state index contributed by atoms with van der Waals surface area (Å²) in [6, 6.07) is 7.72. The normalized spacial score (nSPS) is 18.5. The van der Waals surface area contributed by atoms with Gasteiger partial charge in [-0.05, 0) is 37.3 Å². The molecule has 1 aliphatic rings. The lowest BCUT2D eigenvalue weighted by molar-refractivity contribution is -0.119. The molecule has 1 N–H and O–H groups in total. The lowest BCUT2D eigenvalue weighted by Gasteiger charge is -2.15. The summed E-state index contributed by atoms with van der Waals surface area (Å²) < 4.78 is 0. The topological polar surface area (TPSA) is 29.1 Å². The molecule has 3 heteroatoms. The predicted octanol–water partition coefficient (Wildman–Crippen LogP) is 3.97. The summed E-state index contributed by atoms with van der Waals surface area (Å²) in [7, 11) is 0. The van der Waals surface area contributed by atoms with Gasteiger partial charge in [0.1, 0.15) is 0 Å². The second-order valence-corrected chi connectivity index (χ2v) is 5.47. The van der Waals surface area contributed by atoms with Crippen molar-refractivity contribution in [2.75, 3.05) is 5.32 Å². The maximum atomic E-state index is 12.0. The Bertz CT molecular complexity index is 412. The molecule has 1 aromatic rings. The van der Waals surface area contributed by atoms with Crippen molar-refractivity contribution in [3.63, 3.8) is 0 Å². The van der Waals surface area contributed by atoms with Gasteiger partial charge in [0.15, 0.2) is 0 Å². The molecule has 0 saturated heterocycles. The molecule has 1 amide bonds. The summed E-state index contributed by atoms with van der Waals surface area (Å²) >= 11 is 6.09. The van der Waals surface area contributed by atoms with Crippen LogP contribution in [-0.2, 0) is 4.79 Å². The van der Waals surface area contributed by atoms with Crippen molar-refractivity contribution in [3.05, 3.63) is 29.8 Å². The molecule has 92 valence electrons. The van der Waals surface area contributed by atoms with Crippen LogP contribution in [0.1, 0.15) is 37.6 Å². The number of carbonyl (C=O) groups is 1. The summed E-state index contributed by atoms with van der Waals surface area (Å²) in [6.07, 6.45) is 2.37. The first-order valence-corrected chi connectivity index (χ1v) is 6.57. The van der Waals surface area contributed by atoms with Crippen LogP contribution in [0.4, 0.5) is 5.69 Å². The zero-order valence-corrected chi connectivity index (χ0v) is 11.0. The number of hydrogen-bond donors (Lipinski definition) is 1. The first kappa shape index (κ1) is 12.4. The fourth-order valence-electron chi connectivity index (χ4n) is 2.01. The zero-order valence-electron chi connectivity index (χ0n) is 10.2. The zero-order chi connectivity index (χ0) is 12.4. The van der Waals surface area contributed by atoms with Crippen LogP contribution in [0, 0.1) is 11.8 Å². The van der Waals surface area contributed by atoms with E-state index in [0.29, 0.717) is 5.92 Å². The molecule has 0 bridgehead atoms. The van der Waals surface area contributed by atoms with Crippen molar-refractivity contribution < 1.29 is 4.79 Å². The molecular formula is C14H18ClNO. The van der Waals surface area contributed by atoms with Gasteiger partial charge in [-0.3, -0.25) is 4.79 Å². The Balaban J connectivity index is 2.09. The van der Waals surface area contributed by atoms with Gasteiger partial charge in [-0.1, -0.05) is 25.1 Å². The van der Waals surface area contributed by atoms with E-state index in [1.807, 2.05) is 38.1 Å². The largest absolute Gasteiger partial charge is 0.326 e. The van der Waals surface area contributed by atoms with Gasteiger partial charge in [-0.15, -0.1) is 11.6 Å². The van der Waals surface area contributed by atoms with E-state index in [-0.39, 0.29) is 17.2 Å². The van der Waals surface area contributed by atoms with Crippen LogP contribution in [-0.4, -0.2) is 5.91 Å². The molecule has 0 heterocycles. The minimum Gasteiger partial charge on any atom is -0.326 e. The van der Waals surface area contributed by atoms with Crippen molar-refractivity contribution >= 4 is 23.2 Å². The van der Waals surface area contributed by atoms with Crippen LogP contribution in [0.3, 0.4) is 0 Å². The van der Waals surface area contributed by atoms with E-state index in [1.54, 1.807) is 0 Å². The Morgan fingerprint density at radius 3 is 2.59 bits per heavy atom. The summed E-state index contributed by atoms with van der Waals surface area (Å²) in [6.45, 7) is 3.91. The third kappa shape index (κ3) is 3.01. The Labute approximate surface area is 107 Å². The number of hydrogen-bond acceptors (Lipinski definition) is 1. The van der Waals surface area contributed by atoms with Gasteiger partial charge in [0.05, 0.1) is 5.38 Å². The number of rotatable bonds is 4. The molecular weight excluding hydrogens is 234 g/mol. The standard InChI is InChI=1S/C14H18ClNO/c1-9(11-7-8-11)14(17)16-13-6-4-3-5-12(13)10(2)15/h3-6,9-11H,7-8H2,1-2H3,(H,16,17). The van der Waals surface area contributed by atoms with E-state index < -0.39 is 0 Å². The molecule has 1 fully saturated rings. The van der Waals surface area contributed by atoms with Gasteiger partial charge in [0.2, 0.25) is 5.91 Å². The number of anilines is 1. The molecule has 1 aliphatic carbocycles. The Morgan fingerprint density at radius 1 is 1.35 bits per heavy atom. The molecule has 1 aromatic carbocycles. The third-order valence-electron chi connectivity index (χ3n) is 3.39. The number of alkyl halides is 1. The molecule has 17 heavy (non-hydrogen) atoms. The summed E-state index contributed by atoms with van der Waals surface area (Å²) in [5, 5.41) is 2.89.